The zero-order chi connectivity index (χ0) is 18.2. The molecular weight excluding hydrogens is 340 g/mol. The Morgan fingerprint density at radius 2 is 2.08 bits per heavy atom. The van der Waals surface area contributed by atoms with Crippen LogP contribution in [0.2, 0.25) is 5.15 Å². The highest BCUT2D eigenvalue weighted by Gasteiger charge is 2.09. The number of nitrogens with zero attached hydrogens (tertiary/aromatic N) is 3. The van der Waals surface area contributed by atoms with E-state index >= 15 is 0 Å². The average Bonchev–Trinajstić information content (AvgIpc) is 2.60. The third-order valence-corrected chi connectivity index (χ3v) is 3.83. The molecule has 134 valence electrons. The van der Waals surface area contributed by atoms with Crippen molar-refractivity contribution in [1.82, 2.24) is 20.2 Å². The van der Waals surface area contributed by atoms with Crippen LogP contribution in [0.3, 0.4) is 0 Å². The van der Waals surface area contributed by atoms with Crippen LogP contribution in [0, 0.1) is 0 Å². The number of rotatable bonds is 8. The number of likely N-dealkylation sites (N-methyl/N-ethyl adjacent to an activating group) is 1. The molecule has 25 heavy (non-hydrogen) atoms. The fourth-order valence-corrected chi connectivity index (χ4v) is 2.45. The molecule has 0 saturated carbocycles. The van der Waals surface area contributed by atoms with Crippen LogP contribution in [0.15, 0.2) is 30.6 Å². The van der Waals surface area contributed by atoms with Gasteiger partial charge >= 0.3 is 0 Å². The summed E-state index contributed by atoms with van der Waals surface area (Å²) in [5.41, 5.74) is 2.24. The first kappa shape index (κ1) is 19.0. The van der Waals surface area contributed by atoms with Gasteiger partial charge in [0.1, 0.15) is 12.0 Å². The second kappa shape index (κ2) is 9.19. The molecule has 0 atom stereocenters. The predicted molar refractivity (Wildman–Crippen MR) is 101 cm³/mol. The summed E-state index contributed by atoms with van der Waals surface area (Å²) in [6.45, 7) is 1.92. The number of hydrogen-bond donors (Lipinski definition) is 3. The summed E-state index contributed by atoms with van der Waals surface area (Å²) in [5, 5.41) is 9.45. The minimum absolute atomic E-state index is 0.0790. The molecule has 0 bridgehead atoms. The smallest absolute Gasteiger partial charge is 0.251 e. The van der Waals surface area contributed by atoms with Gasteiger partial charge in [-0.05, 0) is 31.8 Å². The quantitative estimate of drug-likeness (QED) is 0.624. The maximum Gasteiger partial charge on any atom is 0.251 e. The Balaban J connectivity index is 2.00. The number of anilines is 2. The molecule has 1 amide bonds. The Labute approximate surface area is 152 Å². The van der Waals surface area contributed by atoms with Crippen molar-refractivity contribution in [3.05, 3.63) is 46.9 Å². The molecule has 2 rings (SSSR count). The van der Waals surface area contributed by atoms with Crippen molar-refractivity contribution in [2.24, 2.45) is 0 Å². The van der Waals surface area contributed by atoms with Gasteiger partial charge in [0.15, 0.2) is 11.0 Å². The number of carbonyl (C=O) groups is 1. The van der Waals surface area contributed by atoms with Crippen LogP contribution in [0.5, 0.6) is 0 Å². The highest BCUT2D eigenvalue weighted by atomic mass is 35.5. The van der Waals surface area contributed by atoms with Crippen LogP contribution in [0.25, 0.3) is 0 Å². The van der Waals surface area contributed by atoms with E-state index in [1.54, 1.807) is 13.1 Å². The number of nitrogens with one attached hydrogen (secondary N) is 3. The van der Waals surface area contributed by atoms with E-state index in [4.69, 9.17) is 11.6 Å². The van der Waals surface area contributed by atoms with Gasteiger partial charge in [0, 0.05) is 32.2 Å². The van der Waals surface area contributed by atoms with Crippen LogP contribution in [-0.2, 0) is 6.54 Å². The molecule has 0 aliphatic rings. The topological polar surface area (TPSA) is 82.2 Å². The highest BCUT2D eigenvalue weighted by Crippen LogP contribution is 2.25. The minimum Gasteiger partial charge on any atom is -0.383 e. The van der Waals surface area contributed by atoms with E-state index in [-0.39, 0.29) is 5.91 Å². The first-order valence-electron chi connectivity index (χ1n) is 7.95. The minimum atomic E-state index is -0.0790. The molecule has 0 aliphatic heterocycles. The predicted octanol–water partition coefficient (Wildman–Crippen LogP) is 2.08. The van der Waals surface area contributed by atoms with E-state index < -0.39 is 0 Å². The fraction of sp³-hybridized carbons (Fsp3) is 0.353. The monoisotopic (exact) mass is 362 g/mol. The van der Waals surface area contributed by atoms with Crippen molar-refractivity contribution in [2.45, 2.75) is 6.54 Å². The number of benzene rings is 1. The Morgan fingerprint density at radius 1 is 1.28 bits per heavy atom. The third-order valence-electron chi connectivity index (χ3n) is 3.54. The number of halogens is 1. The molecule has 8 heteroatoms. The second-order valence-corrected chi connectivity index (χ2v) is 6.11. The first-order valence-corrected chi connectivity index (χ1v) is 8.33. The van der Waals surface area contributed by atoms with Gasteiger partial charge in [0.2, 0.25) is 0 Å². The molecule has 1 aromatic carbocycles. The van der Waals surface area contributed by atoms with Gasteiger partial charge < -0.3 is 20.9 Å². The maximum atomic E-state index is 12.2. The van der Waals surface area contributed by atoms with Crippen molar-refractivity contribution in [3.8, 4) is 0 Å². The molecule has 0 radical (unpaired) electrons. The number of aromatic nitrogens is 2. The standard InChI is InChI=1S/C17H23ClN6O/c1-19-14-15(18)22-11-23-16(14)21-10-12-5-4-6-13(9-12)17(25)20-7-8-24(2)3/h4-6,9,11,19H,7-8,10H2,1-3H3,(H,20,25)(H,21,22,23). The molecule has 0 unspecified atom stereocenters. The molecule has 1 aromatic heterocycles. The lowest BCUT2D eigenvalue weighted by atomic mass is 10.1. The zero-order valence-corrected chi connectivity index (χ0v) is 15.4. The molecule has 2 aromatic rings. The van der Waals surface area contributed by atoms with E-state index in [0.29, 0.717) is 35.3 Å². The second-order valence-electron chi connectivity index (χ2n) is 5.75. The molecule has 0 spiro atoms. The van der Waals surface area contributed by atoms with Crippen molar-refractivity contribution in [3.63, 3.8) is 0 Å². The number of hydrogen-bond acceptors (Lipinski definition) is 6. The van der Waals surface area contributed by atoms with Crippen molar-refractivity contribution in [2.75, 3.05) is 44.9 Å². The lowest BCUT2D eigenvalue weighted by molar-refractivity contribution is 0.0951. The normalized spacial score (nSPS) is 10.6. The van der Waals surface area contributed by atoms with Crippen molar-refractivity contribution < 1.29 is 4.79 Å². The Bertz CT molecular complexity index is 722. The van der Waals surface area contributed by atoms with Crippen LogP contribution >= 0.6 is 11.6 Å². The van der Waals surface area contributed by atoms with Gasteiger partial charge in [-0.1, -0.05) is 23.7 Å². The van der Waals surface area contributed by atoms with Crippen LogP contribution in [-0.4, -0.2) is 55.0 Å². The maximum absolute atomic E-state index is 12.2. The van der Waals surface area contributed by atoms with E-state index in [2.05, 4.69) is 25.9 Å². The van der Waals surface area contributed by atoms with E-state index in [9.17, 15) is 4.79 Å². The van der Waals surface area contributed by atoms with E-state index in [0.717, 1.165) is 12.1 Å². The van der Waals surface area contributed by atoms with E-state index in [1.165, 1.54) is 6.33 Å². The summed E-state index contributed by atoms with van der Waals surface area (Å²) in [6.07, 6.45) is 1.40. The molecule has 3 N–H and O–H groups in total. The molecular formula is C17H23ClN6O. The van der Waals surface area contributed by atoms with Gasteiger partial charge in [-0.3, -0.25) is 4.79 Å². The molecule has 1 heterocycles. The summed E-state index contributed by atoms with van der Waals surface area (Å²) in [6, 6.07) is 7.48. The number of carbonyl (C=O) groups excluding carboxylic acids is 1. The Morgan fingerprint density at radius 3 is 2.80 bits per heavy atom. The van der Waals surface area contributed by atoms with Gasteiger partial charge in [-0.2, -0.15) is 0 Å². The highest BCUT2D eigenvalue weighted by molar-refractivity contribution is 6.32. The van der Waals surface area contributed by atoms with Crippen molar-refractivity contribution >= 4 is 29.0 Å². The number of amides is 1. The van der Waals surface area contributed by atoms with Gasteiger partial charge in [-0.25, -0.2) is 9.97 Å². The Hall–Kier alpha value is -2.38. The molecule has 0 aliphatic carbocycles. The zero-order valence-electron chi connectivity index (χ0n) is 14.6. The summed E-state index contributed by atoms with van der Waals surface area (Å²) in [5.74, 6) is 0.535. The largest absolute Gasteiger partial charge is 0.383 e. The lowest BCUT2D eigenvalue weighted by Crippen LogP contribution is -2.31. The van der Waals surface area contributed by atoms with Crippen molar-refractivity contribution in [1.29, 1.82) is 0 Å². The fourth-order valence-electron chi connectivity index (χ4n) is 2.22. The first-order chi connectivity index (χ1) is 12.0. The third kappa shape index (κ3) is 5.58. The average molecular weight is 363 g/mol. The van der Waals surface area contributed by atoms with Gasteiger partial charge in [0.25, 0.3) is 5.91 Å². The summed E-state index contributed by atoms with van der Waals surface area (Å²) < 4.78 is 0. The summed E-state index contributed by atoms with van der Waals surface area (Å²) >= 11 is 6.04. The summed E-state index contributed by atoms with van der Waals surface area (Å²) in [4.78, 5) is 22.3. The Kier molecular flexibility index (Phi) is 6.97. The van der Waals surface area contributed by atoms with Crippen LogP contribution in [0.1, 0.15) is 15.9 Å². The lowest BCUT2D eigenvalue weighted by Gasteiger charge is -2.12. The summed E-state index contributed by atoms with van der Waals surface area (Å²) in [7, 11) is 5.70. The SMILES string of the molecule is CNc1c(Cl)ncnc1NCc1cccc(C(=O)NCCN(C)C)c1. The molecule has 7 nitrogen and oxygen atoms in total. The van der Waals surface area contributed by atoms with Gasteiger partial charge in [-0.15, -0.1) is 0 Å². The van der Waals surface area contributed by atoms with Gasteiger partial charge in [0.05, 0.1) is 0 Å². The van der Waals surface area contributed by atoms with E-state index in [1.807, 2.05) is 37.2 Å². The molecule has 0 fully saturated rings. The molecule has 0 saturated heterocycles. The van der Waals surface area contributed by atoms with Crippen LogP contribution < -0.4 is 16.0 Å². The van der Waals surface area contributed by atoms with Crippen LogP contribution in [0.4, 0.5) is 11.5 Å².